The Labute approximate surface area is 349 Å². The van der Waals surface area contributed by atoms with Crippen molar-refractivity contribution in [3.63, 3.8) is 0 Å². The number of carbonyl (C=O) groups is 3. The number of anilines is 2. The first-order valence-electron chi connectivity index (χ1n) is 21.6. The standard InChI is InChI=1S/C44H53ClN10O4/c1-44(12-13-44)59-30-6-8-34-32(22-30)41(50-49-34)35-23-38(47-27-46-35)54-20-16-52(17-21-54)25-29-4-2-28(3-5-29)24-51-14-18-53(19-15-51)36-9-7-31-33(40(36)45)26-55(43(31)58)37-10-11-39(56)48-42(37)57/h6-9,22-23,27-29,37H,2-5,10-21,24-26H2,1H3,(H,49,50)(H,48,56,57)/t28-,29-,37?. The van der Waals surface area contributed by atoms with Gasteiger partial charge in [-0.05, 0) is 94.0 Å². The van der Waals surface area contributed by atoms with E-state index < -0.39 is 11.9 Å². The summed E-state index contributed by atoms with van der Waals surface area (Å²) in [5, 5.41) is 11.8. The lowest BCUT2D eigenvalue weighted by Gasteiger charge is -2.40. The lowest BCUT2D eigenvalue weighted by Crippen LogP contribution is -2.52. The number of ether oxygens (including phenoxy) is 1. The van der Waals surface area contributed by atoms with E-state index in [2.05, 4.69) is 64.1 Å². The summed E-state index contributed by atoms with van der Waals surface area (Å²) >= 11 is 6.98. The molecule has 2 N–H and O–H groups in total. The molecule has 2 aliphatic carbocycles. The first-order chi connectivity index (χ1) is 28.7. The van der Waals surface area contributed by atoms with Gasteiger partial charge in [-0.25, -0.2) is 9.97 Å². The smallest absolute Gasteiger partial charge is 0.255 e. The molecule has 1 atom stereocenters. The van der Waals surface area contributed by atoms with Crippen LogP contribution in [0, 0.1) is 11.8 Å². The fourth-order valence-corrected chi connectivity index (χ4v) is 10.3. The Bertz CT molecular complexity index is 2250. The molecule has 10 rings (SSSR count). The second kappa shape index (κ2) is 15.7. The number of piperidine rings is 1. The van der Waals surface area contributed by atoms with Gasteiger partial charge in [0.15, 0.2) is 0 Å². The molecule has 0 bridgehead atoms. The summed E-state index contributed by atoms with van der Waals surface area (Å²) in [5.41, 5.74) is 4.87. The van der Waals surface area contributed by atoms with Crippen LogP contribution in [-0.2, 0) is 16.1 Å². The lowest BCUT2D eigenvalue weighted by molar-refractivity contribution is -0.136. The van der Waals surface area contributed by atoms with Gasteiger partial charge in [-0.1, -0.05) is 11.6 Å². The normalized spacial score (nSPS) is 25.1. The van der Waals surface area contributed by atoms with Crippen molar-refractivity contribution < 1.29 is 19.1 Å². The third-order valence-corrected chi connectivity index (χ3v) is 14.2. The molecular weight excluding hydrogens is 768 g/mol. The molecule has 5 fully saturated rings. The van der Waals surface area contributed by atoms with Crippen molar-refractivity contribution in [2.24, 2.45) is 11.8 Å². The molecule has 0 spiro atoms. The Morgan fingerprint density at radius 1 is 0.831 bits per heavy atom. The van der Waals surface area contributed by atoms with Gasteiger partial charge in [0.1, 0.15) is 35.2 Å². The highest BCUT2D eigenvalue weighted by Gasteiger charge is 2.41. The van der Waals surface area contributed by atoms with Crippen LogP contribution in [0.5, 0.6) is 5.75 Å². The second-order valence-electron chi connectivity index (χ2n) is 17.9. The van der Waals surface area contributed by atoms with Gasteiger partial charge in [0.05, 0.1) is 21.9 Å². The van der Waals surface area contributed by atoms with Gasteiger partial charge in [-0.2, -0.15) is 5.10 Å². The minimum atomic E-state index is -0.645. The van der Waals surface area contributed by atoms with Crippen LogP contribution in [0.2, 0.25) is 5.02 Å². The van der Waals surface area contributed by atoms with E-state index in [1.54, 1.807) is 11.2 Å². The van der Waals surface area contributed by atoms with E-state index in [0.717, 1.165) is 129 Å². The molecule has 1 unspecified atom stereocenters. The zero-order valence-electron chi connectivity index (χ0n) is 33.8. The second-order valence-corrected chi connectivity index (χ2v) is 18.3. The first kappa shape index (κ1) is 38.4. The Morgan fingerprint density at radius 3 is 2.20 bits per heavy atom. The molecule has 14 nitrogen and oxygen atoms in total. The number of aromatic nitrogens is 4. The van der Waals surface area contributed by atoms with E-state index in [-0.39, 0.29) is 30.4 Å². The number of hydrogen-bond donors (Lipinski definition) is 2. The summed E-state index contributed by atoms with van der Waals surface area (Å²) in [4.78, 5) is 58.3. The van der Waals surface area contributed by atoms with E-state index >= 15 is 0 Å². The Hall–Kier alpha value is -4.79. The Kier molecular flexibility index (Phi) is 10.2. The largest absolute Gasteiger partial charge is 0.488 e. The monoisotopic (exact) mass is 820 g/mol. The molecular formula is C44H53ClN10O4. The minimum Gasteiger partial charge on any atom is -0.488 e. The van der Waals surface area contributed by atoms with Gasteiger partial charge in [0.25, 0.3) is 5.91 Å². The van der Waals surface area contributed by atoms with Crippen LogP contribution in [0.15, 0.2) is 42.7 Å². The maximum Gasteiger partial charge on any atom is 0.255 e. The summed E-state index contributed by atoms with van der Waals surface area (Å²) in [6.07, 6.45) is 9.59. The summed E-state index contributed by atoms with van der Waals surface area (Å²) in [6, 6.07) is 11.4. The Balaban J connectivity index is 0.667. The zero-order valence-corrected chi connectivity index (χ0v) is 34.6. The van der Waals surface area contributed by atoms with Gasteiger partial charge in [0, 0.05) is 101 Å². The predicted molar refractivity (Wildman–Crippen MR) is 226 cm³/mol. The number of nitrogens with one attached hydrogen (secondary N) is 2. The van der Waals surface area contributed by atoms with Crippen LogP contribution >= 0.6 is 11.6 Å². The average Bonchev–Trinajstić information content (AvgIpc) is 3.66. The highest BCUT2D eigenvalue weighted by atomic mass is 35.5. The van der Waals surface area contributed by atoms with Gasteiger partial charge < -0.3 is 19.4 Å². The lowest BCUT2D eigenvalue weighted by atomic mass is 9.81. The third kappa shape index (κ3) is 7.86. The topological polar surface area (TPSA) is 143 Å². The highest BCUT2D eigenvalue weighted by Crippen LogP contribution is 2.41. The third-order valence-electron chi connectivity index (χ3n) is 13.8. The van der Waals surface area contributed by atoms with Crippen LogP contribution < -0.4 is 19.9 Å². The van der Waals surface area contributed by atoms with Crippen molar-refractivity contribution in [1.29, 1.82) is 0 Å². The number of imide groups is 1. The van der Waals surface area contributed by atoms with Crippen molar-refractivity contribution in [2.45, 2.75) is 76.5 Å². The number of halogens is 1. The van der Waals surface area contributed by atoms with Gasteiger partial charge in [-0.3, -0.25) is 34.6 Å². The minimum absolute atomic E-state index is 0.0387. The first-order valence-corrected chi connectivity index (χ1v) is 21.9. The number of benzene rings is 2. The maximum absolute atomic E-state index is 13.2. The van der Waals surface area contributed by atoms with Gasteiger partial charge >= 0.3 is 0 Å². The van der Waals surface area contributed by atoms with E-state index in [0.29, 0.717) is 17.0 Å². The van der Waals surface area contributed by atoms with E-state index in [9.17, 15) is 14.4 Å². The number of nitrogens with zero attached hydrogens (tertiary/aromatic N) is 8. The maximum atomic E-state index is 13.2. The number of hydrogen-bond acceptors (Lipinski definition) is 11. The fourth-order valence-electron chi connectivity index (χ4n) is 9.96. The molecule has 3 amide bonds. The number of fused-ring (bicyclic) bond motifs is 2. The molecule has 2 saturated carbocycles. The molecule has 0 radical (unpaired) electrons. The number of amides is 3. The molecule has 3 saturated heterocycles. The van der Waals surface area contributed by atoms with Gasteiger partial charge in [-0.15, -0.1) is 0 Å². The molecule has 4 aliphatic heterocycles. The van der Waals surface area contributed by atoms with E-state index in [4.69, 9.17) is 16.3 Å². The van der Waals surface area contributed by atoms with Crippen LogP contribution in [0.1, 0.15) is 74.2 Å². The van der Waals surface area contributed by atoms with Crippen LogP contribution in [0.25, 0.3) is 22.3 Å². The number of piperazine rings is 2. The number of aromatic amines is 1. The SMILES string of the molecule is CC1(Oc2ccc3[nH]nc(-c4cc(N5CCN(C[C@H]6CC[C@H](CN7CCN(c8ccc9c(c8Cl)CN(C8CCC(=O)NC8=O)C9=O)CC7)CC6)CC5)ncn4)c3c2)CC1. The quantitative estimate of drug-likeness (QED) is 0.206. The molecule has 6 heterocycles. The zero-order chi connectivity index (χ0) is 40.3. The van der Waals surface area contributed by atoms with Crippen LogP contribution in [0.4, 0.5) is 11.5 Å². The average molecular weight is 821 g/mol. The van der Waals surface area contributed by atoms with Crippen molar-refractivity contribution in [3.05, 3.63) is 58.9 Å². The van der Waals surface area contributed by atoms with Crippen LogP contribution in [0.3, 0.4) is 0 Å². The van der Waals surface area contributed by atoms with Crippen LogP contribution in [-0.4, -0.2) is 130 Å². The molecule has 310 valence electrons. The predicted octanol–water partition coefficient (Wildman–Crippen LogP) is 5.12. The van der Waals surface area contributed by atoms with E-state index in [1.165, 1.54) is 32.2 Å². The molecule has 4 aromatic rings. The summed E-state index contributed by atoms with van der Waals surface area (Å²) in [6.45, 7) is 12.5. The Morgan fingerprint density at radius 2 is 1.53 bits per heavy atom. The summed E-state index contributed by atoms with van der Waals surface area (Å²) in [7, 11) is 0. The highest BCUT2D eigenvalue weighted by molar-refractivity contribution is 6.35. The summed E-state index contributed by atoms with van der Waals surface area (Å²) < 4.78 is 6.23. The number of carbonyl (C=O) groups excluding carboxylic acids is 3. The molecule has 6 aliphatic rings. The van der Waals surface area contributed by atoms with Crippen molar-refractivity contribution in [3.8, 4) is 17.1 Å². The molecule has 15 heteroatoms. The molecule has 2 aromatic carbocycles. The van der Waals surface area contributed by atoms with Crippen molar-refractivity contribution in [2.75, 3.05) is 75.2 Å². The van der Waals surface area contributed by atoms with Crippen molar-refractivity contribution >= 4 is 51.7 Å². The van der Waals surface area contributed by atoms with E-state index in [1.807, 2.05) is 24.3 Å². The number of rotatable bonds is 10. The number of H-pyrrole nitrogens is 1. The van der Waals surface area contributed by atoms with Crippen molar-refractivity contribution in [1.82, 2.24) is 40.2 Å². The van der Waals surface area contributed by atoms with Gasteiger partial charge in [0.2, 0.25) is 11.8 Å². The molecule has 59 heavy (non-hydrogen) atoms. The summed E-state index contributed by atoms with van der Waals surface area (Å²) in [5.74, 6) is 2.43. The fraction of sp³-hybridized carbons (Fsp3) is 0.545. The molecule has 2 aromatic heterocycles.